The molecule has 2 aromatic heterocycles. The van der Waals surface area contributed by atoms with E-state index in [0.717, 1.165) is 0 Å². The number of nitrogens with one attached hydrogen (secondary N) is 1. The van der Waals surface area contributed by atoms with Crippen LogP contribution in [-0.4, -0.2) is 20.9 Å². The highest BCUT2D eigenvalue weighted by atomic mass is 19.1. The molecule has 25 heavy (non-hydrogen) atoms. The van der Waals surface area contributed by atoms with Crippen LogP contribution in [0.15, 0.2) is 48.9 Å². The second kappa shape index (κ2) is 6.55. The van der Waals surface area contributed by atoms with Crippen molar-refractivity contribution in [3.63, 3.8) is 0 Å². The van der Waals surface area contributed by atoms with Gasteiger partial charge in [-0.15, -0.1) is 0 Å². The first-order chi connectivity index (χ1) is 11.9. The number of fused-ring (bicyclic) bond motifs is 1. The first-order valence-corrected chi connectivity index (χ1v) is 7.98. The molecule has 1 amide bonds. The highest BCUT2D eigenvalue weighted by Crippen LogP contribution is 2.31. The van der Waals surface area contributed by atoms with Crippen molar-refractivity contribution in [1.29, 1.82) is 0 Å². The number of rotatable bonds is 3. The topological polar surface area (TPSA) is 67.8 Å². The zero-order valence-corrected chi connectivity index (χ0v) is 14.3. The summed E-state index contributed by atoms with van der Waals surface area (Å²) in [5.74, 6) is -0.163. The zero-order valence-electron chi connectivity index (χ0n) is 14.3. The minimum absolute atomic E-state index is 0.248. The van der Waals surface area contributed by atoms with Crippen molar-refractivity contribution in [3.8, 4) is 0 Å². The lowest BCUT2D eigenvalue weighted by Crippen LogP contribution is -2.37. The number of carbonyl (C=O) groups is 1. The molecule has 0 saturated carbocycles. The van der Waals surface area contributed by atoms with Crippen LogP contribution in [0.1, 0.15) is 43.0 Å². The van der Waals surface area contributed by atoms with Crippen LogP contribution in [0.5, 0.6) is 0 Å². The number of carbonyl (C=O) groups excluding carboxylic acids is 1. The predicted octanol–water partition coefficient (Wildman–Crippen LogP) is 3.68. The standard InChI is InChI=1S/C19H19FN4O/c1-19(2,3)16(17-21-8-5-9-22-17)24-18(25)13-10-12-6-4-7-14(20)15(12)23-11-13/h4-11,16H,1-3H3,(H,24,25). The van der Waals surface area contributed by atoms with Crippen molar-refractivity contribution in [3.05, 3.63) is 66.1 Å². The maximum atomic E-state index is 13.7. The normalized spacial score (nSPS) is 12.8. The predicted molar refractivity (Wildman–Crippen MR) is 93.4 cm³/mol. The Morgan fingerprint density at radius 3 is 2.52 bits per heavy atom. The summed E-state index contributed by atoms with van der Waals surface area (Å²) < 4.78 is 13.7. The Hall–Kier alpha value is -2.89. The number of para-hydroxylation sites is 1. The van der Waals surface area contributed by atoms with E-state index in [1.165, 1.54) is 12.3 Å². The van der Waals surface area contributed by atoms with Gasteiger partial charge in [0, 0.05) is 24.0 Å². The Morgan fingerprint density at radius 1 is 1.12 bits per heavy atom. The second-order valence-corrected chi connectivity index (χ2v) is 6.92. The average Bonchev–Trinajstić information content (AvgIpc) is 2.59. The van der Waals surface area contributed by atoms with E-state index in [-0.39, 0.29) is 22.9 Å². The molecule has 1 N–H and O–H groups in total. The van der Waals surface area contributed by atoms with Gasteiger partial charge in [0.05, 0.1) is 11.6 Å². The van der Waals surface area contributed by atoms with Crippen LogP contribution >= 0.6 is 0 Å². The van der Waals surface area contributed by atoms with Crippen molar-refractivity contribution in [2.24, 2.45) is 5.41 Å². The van der Waals surface area contributed by atoms with Gasteiger partial charge in [-0.25, -0.2) is 14.4 Å². The second-order valence-electron chi connectivity index (χ2n) is 6.92. The highest BCUT2D eigenvalue weighted by Gasteiger charge is 2.30. The minimum atomic E-state index is -0.408. The molecule has 0 aliphatic carbocycles. The lowest BCUT2D eigenvalue weighted by molar-refractivity contribution is 0.0897. The molecular formula is C19H19FN4O. The summed E-state index contributed by atoms with van der Waals surface area (Å²) in [6.45, 7) is 6.01. The van der Waals surface area contributed by atoms with Crippen molar-refractivity contribution in [2.75, 3.05) is 0 Å². The van der Waals surface area contributed by atoms with E-state index in [9.17, 15) is 9.18 Å². The summed E-state index contributed by atoms with van der Waals surface area (Å²) in [7, 11) is 0. The first-order valence-electron chi connectivity index (χ1n) is 7.98. The SMILES string of the molecule is CC(C)(C)C(NC(=O)c1cnc2c(F)cccc2c1)c1ncccn1. The summed E-state index contributed by atoms with van der Waals surface area (Å²) in [4.78, 5) is 25.3. The molecule has 1 unspecified atom stereocenters. The van der Waals surface area contributed by atoms with E-state index < -0.39 is 5.82 Å². The average molecular weight is 338 g/mol. The molecule has 5 nitrogen and oxygen atoms in total. The summed E-state index contributed by atoms with van der Waals surface area (Å²) in [6.07, 6.45) is 4.67. The molecule has 128 valence electrons. The number of aromatic nitrogens is 3. The highest BCUT2D eigenvalue weighted by molar-refractivity contribution is 5.97. The maximum Gasteiger partial charge on any atom is 0.253 e. The van der Waals surface area contributed by atoms with Gasteiger partial charge in [-0.3, -0.25) is 9.78 Å². The third-order valence-corrected chi connectivity index (χ3v) is 3.91. The Balaban J connectivity index is 1.92. The van der Waals surface area contributed by atoms with E-state index >= 15 is 0 Å². The number of halogens is 1. The fourth-order valence-electron chi connectivity index (χ4n) is 2.59. The third kappa shape index (κ3) is 3.63. The van der Waals surface area contributed by atoms with Crippen LogP contribution in [0.3, 0.4) is 0 Å². The molecule has 0 aliphatic rings. The molecule has 0 radical (unpaired) electrons. The number of hydrogen-bond donors (Lipinski definition) is 1. The van der Waals surface area contributed by atoms with Gasteiger partial charge in [-0.05, 0) is 23.6 Å². The van der Waals surface area contributed by atoms with Gasteiger partial charge in [-0.2, -0.15) is 0 Å². The molecule has 0 bridgehead atoms. The fraction of sp³-hybridized carbons (Fsp3) is 0.263. The van der Waals surface area contributed by atoms with E-state index in [1.54, 1.807) is 36.7 Å². The van der Waals surface area contributed by atoms with Gasteiger partial charge < -0.3 is 5.32 Å². The summed E-state index contributed by atoms with van der Waals surface area (Å²) in [5.41, 5.74) is 0.328. The molecule has 2 heterocycles. The summed E-state index contributed by atoms with van der Waals surface area (Å²) >= 11 is 0. The van der Waals surface area contributed by atoms with Gasteiger partial charge in [0.25, 0.3) is 5.91 Å². The van der Waals surface area contributed by atoms with E-state index in [1.807, 2.05) is 20.8 Å². The van der Waals surface area contributed by atoms with E-state index in [2.05, 4.69) is 20.3 Å². The summed E-state index contributed by atoms with van der Waals surface area (Å²) in [5, 5.41) is 3.55. The van der Waals surface area contributed by atoms with Crippen LogP contribution in [0.25, 0.3) is 10.9 Å². The lowest BCUT2D eigenvalue weighted by atomic mass is 9.86. The smallest absolute Gasteiger partial charge is 0.253 e. The van der Waals surface area contributed by atoms with Crippen molar-refractivity contribution in [1.82, 2.24) is 20.3 Å². The van der Waals surface area contributed by atoms with Gasteiger partial charge in [-0.1, -0.05) is 32.9 Å². The zero-order chi connectivity index (χ0) is 18.0. The van der Waals surface area contributed by atoms with E-state index in [0.29, 0.717) is 16.8 Å². The van der Waals surface area contributed by atoms with Crippen molar-refractivity contribution < 1.29 is 9.18 Å². The number of pyridine rings is 1. The molecule has 6 heteroatoms. The quantitative estimate of drug-likeness (QED) is 0.791. The van der Waals surface area contributed by atoms with E-state index in [4.69, 9.17) is 0 Å². The maximum absolute atomic E-state index is 13.7. The van der Waals surface area contributed by atoms with Crippen LogP contribution in [0, 0.1) is 11.2 Å². The third-order valence-electron chi connectivity index (χ3n) is 3.91. The van der Waals surface area contributed by atoms with Crippen molar-refractivity contribution >= 4 is 16.8 Å². The number of hydrogen-bond acceptors (Lipinski definition) is 4. The van der Waals surface area contributed by atoms with Gasteiger partial charge >= 0.3 is 0 Å². The Bertz CT molecular complexity index is 906. The van der Waals surface area contributed by atoms with Crippen LogP contribution in [-0.2, 0) is 0 Å². The van der Waals surface area contributed by atoms with Gasteiger partial charge in [0.15, 0.2) is 5.82 Å². The Labute approximate surface area is 145 Å². The fourth-order valence-corrected chi connectivity index (χ4v) is 2.59. The number of nitrogens with zero attached hydrogens (tertiary/aromatic N) is 3. The lowest BCUT2D eigenvalue weighted by Gasteiger charge is -2.30. The molecule has 3 aromatic rings. The van der Waals surface area contributed by atoms with Crippen LogP contribution < -0.4 is 5.32 Å². The van der Waals surface area contributed by atoms with Crippen molar-refractivity contribution in [2.45, 2.75) is 26.8 Å². The Kier molecular flexibility index (Phi) is 4.44. The molecule has 0 spiro atoms. The minimum Gasteiger partial charge on any atom is -0.341 e. The summed E-state index contributed by atoms with van der Waals surface area (Å²) in [6, 6.07) is 7.65. The molecular weight excluding hydrogens is 319 g/mol. The molecule has 0 saturated heterocycles. The molecule has 1 aromatic carbocycles. The van der Waals surface area contributed by atoms with Gasteiger partial charge in [0.1, 0.15) is 11.3 Å². The van der Waals surface area contributed by atoms with Gasteiger partial charge in [0.2, 0.25) is 0 Å². The number of benzene rings is 1. The molecule has 3 rings (SSSR count). The number of amides is 1. The monoisotopic (exact) mass is 338 g/mol. The largest absolute Gasteiger partial charge is 0.341 e. The Morgan fingerprint density at radius 2 is 1.84 bits per heavy atom. The molecule has 0 aliphatic heterocycles. The first kappa shape index (κ1) is 17.0. The molecule has 0 fully saturated rings. The van der Waals surface area contributed by atoms with Crippen LogP contribution in [0.4, 0.5) is 4.39 Å². The molecule has 1 atom stereocenters. The van der Waals surface area contributed by atoms with Crippen LogP contribution in [0.2, 0.25) is 0 Å².